The van der Waals surface area contributed by atoms with Gasteiger partial charge in [0.05, 0.1) is 17.9 Å². The summed E-state index contributed by atoms with van der Waals surface area (Å²) in [7, 11) is 1.22. The molecule has 1 aromatic carbocycles. The van der Waals surface area contributed by atoms with E-state index in [1.54, 1.807) is 18.2 Å². The second-order valence-electron chi connectivity index (χ2n) is 4.94. The summed E-state index contributed by atoms with van der Waals surface area (Å²) in [5.41, 5.74) is -0.437. The van der Waals surface area contributed by atoms with Crippen LogP contribution in [0.4, 0.5) is 4.39 Å². The number of aromatic nitrogens is 2. The van der Waals surface area contributed by atoms with Crippen LogP contribution >= 0.6 is 15.9 Å². The lowest BCUT2D eigenvalue weighted by Crippen LogP contribution is -2.28. The number of hydrogen-bond acceptors (Lipinski definition) is 5. The molecule has 6 nitrogen and oxygen atoms in total. The number of carbonyl (C=O) groups excluding carboxylic acids is 1. The van der Waals surface area contributed by atoms with Crippen molar-refractivity contribution >= 4 is 32.7 Å². The molecule has 0 bridgehead atoms. The molecule has 0 saturated heterocycles. The highest BCUT2D eigenvalue weighted by atomic mass is 79.9. The van der Waals surface area contributed by atoms with E-state index in [1.807, 2.05) is 0 Å². The number of esters is 1. The van der Waals surface area contributed by atoms with Gasteiger partial charge in [0.1, 0.15) is 18.8 Å². The van der Waals surface area contributed by atoms with E-state index in [9.17, 15) is 14.0 Å². The van der Waals surface area contributed by atoms with E-state index in [-0.39, 0.29) is 12.4 Å². The molecule has 1 saturated carbocycles. The summed E-state index contributed by atoms with van der Waals surface area (Å²) in [5, 5.41) is 4.85. The standard InChI is InChI=1S/C14H12BrFN2O4/c1-21-12(19)6-18-14(20)8-3-2-7(15)4-9(8)13(17-18)22-11-5-10(11)16/h2-4,10-11H,5-6H2,1H3/t10-,11+/m1/s1. The monoisotopic (exact) mass is 370 g/mol. The third-order valence-corrected chi connectivity index (χ3v) is 3.81. The van der Waals surface area contributed by atoms with Crippen molar-refractivity contribution in [3.8, 4) is 5.88 Å². The third-order valence-electron chi connectivity index (χ3n) is 3.32. The quantitative estimate of drug-likeness (QED) is 0.767. The molecule has 1 heterocycles. The number of ether oxygens (including phenoxy) is 2. The van der Waals surface area contributed by atoms with Crippen molar-refractivity contribution < 1.29 is 18.7 Å². The molecule has 1 aromatic heterocycles. The Bertz CT molecular complexity index is 807. The minimum absolute atomic E-state index is 0.130. The van der Waals surface area contributed by atoms with E-state index in [0.717, 1.165) is 9.15 Å². The Balaban J connectivity index is 2.12. The number of benzene rings is 1. The fraction of sp³-hybridized carbons (Fsp3) is 0.357. The normalized spacial score (nSPS) is 20.0. The molecule has 0 N–H and O–H groups in total. The average Bonchev–Trinajstić information content (AvgIpc) is 3.18. The number of methoxy groups -OCH3 is 1. The van der Waals surface area contributed by atoms with Gasteiger partial charge in [0.15, 0.2) is 0 Å². The Kier molecular flexibility index (Phi) is 3.86. The molecule has 0 aliphatic heterocycles. The molecule has 8 heteroatoms. The summed E-state index contributed by atoms with van der Waals surface area (Å²) >= 11 is 3.31. The van der Waals surface area contributed by atoms with Crippen molar-refractivity contribution in [2.45, 2.75) is 25.2 Å². The fourth-order valence-corrected chi connectivity index (χ4v) is 2.38. The summed E-state index contributed by atoms with van der Waals surface area (Å²) in [6.07, 6.45) is -1.28. The maximum atomic E-state index is 13.1. The summed E-state index contributed by atoms with van der Waals surface area (Å²) in [6.45, 7) is -0.332. The number of alkyl halides is 1. The van der Waals surface area contributed by atoms with E-state index in [1.165, 1.54) is 7.11 Å². The van der Waals surface area contributed by atoms with Crippen LogP contribution in [0.5, 0.6) is 5.88 Å². The fourth-order valence-electron chi connectivity index (χ4n) is 2.02. The van der Waals surface area contributed by atoms with Gasteiger partial charge in [-0.3, -0.25) is 9.59 Å². The van der Waals surface area contributed by atoms with E-state index < -0.39 is 23.8 Å². The van der Waals surface area contributed by atoms with Crippen molar-refractivity contribution in [2.24, 2.45) is 0 Å². The highest BCUT2D eigenvalue weighted by Gasteiger charge is 2.41. The van der Waals surface area contributed by atoms with Crippen LogP contribution in [0.15, 0.2) is 27.5 Å². The second-order valence-corrected chi connectivity index (χ2v) is 5.86. The van der Waals surface area contributed by atoms with Crippen molar-refractivity contribution in [1.82, 2.24) is 9.78 Å². The molecule has 1 aliphatic carbocycles. The van der Waals surface area contributed by atoms with E-state index >= 15 is 0 Å². The Labute approximate surface area is 132 Å². The zero-order valence-electron chi connectivity index (χ0n) is 11.6. The Morgan fingerprint density at radius 2 is 2.23 bits per heavy atom. The molecule has 1 aliphatic rings. The molecule has 2 aromatic rings. The zero-order chi connectivity index (χ0) is 15.9. The first-order valence-electron chi connectivity index (χ1n) is 6.57. The van der Waals surface area contributed by atoms with Crippen molar-refractivity contribution in [3.05, 3.63) is 33.0 Å². The maximum absolute atomic E-state index is 13.1. The van der Waals surface area contributed by atoms with Crippen LogP contribution in [-0.4, -0.2) is 35.1 Å². The number of hydrogen-bond donors (Lipinski definition) is 0. The van der Waals surface area contributed by atoms with Crippen LogP contribution in [0.2, 0.25) is 0 Å². The van der Waals surface area contributed by atoms with Gasteiger partial charge in [0.25, 0.3) is 5.56 Å². The van der Waals surface area contributed by atoms with Crippen LogP contribution in [-0.2, 0) is 16.1 Å². The number of rotatable bonds is 4. The second kappa shape index (κ2) is 5.68. The Hall–Kier alpha value is -1.96. The number of fused-ring (bicyclic) bond motifs is 1. The first kappa shape index (κ1) is 15.0. The maximum Gasteiger partial charge on any atom is 0.327 e. The van der Waals surface area contributed by atoms with E-state index in [0.29, 0.717) is 17.2 Å². The summed E-state index contributed by atoms with van der Waals surface area (Å²) < 4.78 is 24.8. The Morgan fingerprint density at radius 3 is 2.86 bits per heavy atom. The summed E-state index contributed by atoms with van der Waals surface area (Å²) in [4.78, 5) is 23.7. The van der Waals surface area contributed by atoms with Gasteiger partial charge in [-0.1, -0.05) is 15.9 Å². The minimum atomic E-state index is -1.02. The lowest BCUT2D eigenvalue weighted by atomic mass is 10.2. The third kappa shape index (κ3) is 2.83. The molecule has 0 spiro atoms. The molecule has 2 atom stereocenters. The van der Waals surface area contributed by atoms with Gasteiger partial charge in [-0.15, -0.1) is 5.10 Å². The lowest BCUT2D eigenvalue weighted by molar-refractivity contribution is -0.141. The molecular weight excluding hydrogens is 359 g/mol. The molecule has 3 rings (SSSR count). The van der Waals surface area contributed by atoms with Gasteiger partial charge in [-0.25, -0.2) is 9.07 Å². The van der Waals surface area contributed by atoms with Gasteiger partial charge in [0, 0.05) is 10.9 Å². The number of halogens is 2. The van der Waals surface area contributed by atoms with Crippen LogP contribution in [0.25, 0.3) is 10.8 Å². The number of carbonyl (C=O) groups is 1. The lowest BCUT2D eigenvalue weighted by Gasteiger charge is -2.11. The van der Waals surface area contributed by atoms with E-state index in [2.05, 4.69) is 25.8 Å². The highest BCUT2D eigenvalue weighted by molar-refractivity contribution is 9.10. The predicted octanol–water partition coefficient (Wildman–Crippen LogP) is 1.82. The van der Waals surface area contributed by atoms with Crippen LogP contribution < -0.4 is 10.3 Å². The molecule has 116 valence electrons. The van der Waals surface area contributed by atoms with Gasteiger partial charge >= 0.3 is 5.97 Å². The highest BCUT2D eigenvalue weighted by Crippen LogP contribution is 2.33. The topological polar surface area (TPSA) is 70.4 Å². The molecule has 0 unspecified atom stereocenters. The van der Waals surface area contributed by atoms with Crippen LogP contribution in [0, 0.1) is 0 Å². The smallest absolute Gasteiger partial charge is 0.327 e. The molecule has 1 fully saturated rings. The van der Waals surface area contributed by atoms with E-state index in [4.69, 9.17) is 4.74 Å². The van der Waals surface area contributed by atoms with Gasteiger partial charge in [-0.05, 0) is 18.2 Å². The minimum Gasteiger partial charge on any atom is -0.470 e. The van der Waals surface area contributed by atoms with Crippen LogP contribution in [0.3, 0.4) is 0 Å². The largest absolute Gasteiger partial charge is 0.470 e. The van der Waals surface area contributed by atoms with Gasteiger partial charge in [-0.2, -0.15) is 0 Å². The average molecular weight is 371 g/mol. The SMILES string of the molecule is COC(=O)Cn1nc(O[C@H]2C[C@H]2F)c2cc(Br)ccc2c1=O. The molecular formula is C14H12BrFN2O4. The molecule has 0 radical (unpaired) electrons. The molecule has 22 heavy (non-hydrogen) atoms. The first-order chi connectivity index (χ1) is 10.5. The van der Waals surface area contributed by atoms with Crippen molar-refractivity contribution in [1.29, 1.82) is 0 Å². The zero-order valence-corrected chi connectivity index (χ0v) is 13.2. The first-order valence-corrected chi connectivity index (χ1v) is 7.37. The predicted molar refractivity (Wildman–Crippen MR) is 79.6 cm³/mol. The van der Waals surface area contributed by atoms with Crippen molar-refractivity contribution in [2.75, 3.05) is 7.11 Å². The Morgan fingerprint density at radius 1 is 1.50 bits per heavy atom. The summed E-state index contributed by atoms with van der Waals surface area (Å²) in [5.74, 6) is -0.475. The molecule has 0 amide bonds. The summed E-state index contributed by atoms with van der Waals surface area (Å²) in [6, 6.07) is 4.98. The van der Waals surface area contributed by atoms with Gasteiger partial charge in [0.2, 0.25) is 5.88 Å². The van der Waals surface area contributed by atoms with Gasteiger partial charge < -0.3 is 9.47 Å². The van der Waals surface area contributed by atoms with Crippen LogP contribution in [0.1, 0.15) is 6.42 Å². The number of nitrogens with zero attached hydrogens (tertiary/aromatic N) is 2. The van der Waals surface area contributed by atoms with Crippen molar-refractivity contribution in [3.63, 3.8) is 0 Å².